The number of carbonyl (C=O) groups excluding carboxylic acids is 2. The first-order chi connectivity index (χ1) is 14.0. The molecule has 29 heavy (non-hydrogen) atoms. The SMILES string of the molecule is CN(C)C(=O)C[C@H]1CC2(CCN(C(=O)C3CCOCC3)CC2)Oc2ccccc21. The molecule has 0 saturated carbocycles. The Morgan fingerprint density at radius 1 is 1.14 bits per heavy atom. The Bertz CT molecular complexity index is 749. The Labute approximate surface area is 173 Å². The molecule has 1 aromatic carbocycles. The van der Waals surface area contributed by atoms with Crippen molar-refractivity contribution in [2.24, 2.45) is 5.92 Å². The first kappa shape index (κ1) is 20.2. The quantitative estimate of drug-likeness (QED) is 0.783. The third-order valence-electron chi connectivity index (χ3n) is 6.78. The fourth-order valence-corrected chi connectivity index (χ4v) is 4.96. The van der Waals surface area contributed by atoms with Gasteiger partial charge >= 0.3 is 0 Å². The van der Waals surface area contributed by atoms with Crippen LogP contribution in [-0.4, -0.2) is 67.6 Å². The maximum atomic E-state index is 12.9. The summed E-state index contributed by atoms with van der Waals surface area (Å²) in [5.41, 5.74) is 0.854. The Morgan fingerprint density at radius 3 is 2.52 bits per heavy atom. The van der Waals surface area contributed by atoms with Crippen LogP contribution in [0.1, 0.15) is 50.0 Å². The van der Waals surface area contributed by atoms with Crippen molar-refractivity contribution in [2.75, 3.05) is 40.4 Å². The van der Waals surface area contributed by atoms with E-state index >= 15 is 0 Å². The van der Waals surface area contributed by atoms with Gasteiger partial charge in [0.05, 0.1) is 0 Å². The van der Waals surface area contributed by atoms with E-state index in [1.54, 1.807) is 4.90 Å². The Morgan fingerprint density at radius 2 is 1.83 bits per heavy atom. The van der Waals surface area contributed by atoms with Crippen molar-refractivity contribution in [3.8, 4) is 5.75 Å². The molecule has 4 rings (SSSR count). The molecule has 0 aromatic heterocycles. The van der Waals surface area contributed by atoms with E-state index in [4.69, 9.17) is 9.47 Å². The van der Waals surface area contributed by atoms with E-state index in [9.17, 15) is 9.59 Å². The van der Waals surface area contributed by atoms with Crippen molar-refractivity contribution in [1.82, 2.24) is 9.80 Å². The molecule has 0 unspecified atom stereocenters. The first-order valence-electron chi connectivity index (χ1n) is 10.8. The van der Waals surface area contributed by atoms with Gasteiger partial charge in [-0.2, -0.15) is 0 Å². The lowest BCUT2D eigenvalue weighted by molar-refractivity contribution is -0.142. The fraction of sp³-hybridized carbons (Fsp3) is 0.652. The zero-order valence-electron chi connectivity index (χ0n) is 17.6. The van der Waals surface area contributed by atoms with E-state index in [-0.39, 0.29) is 29.3 Å². The van der Waals surface area contributed by atoms with E-state index < -0.39 is 0 Å². The van der Waals surface area contributed by atoms with Gasteiger partial charge in [0.2, 0.25) is 11.8 Å². The predicted molar refractivity (Wildman–Crippen MR) is 110 cm³/mol. The Balaban J connectivity index is 1.46. The average molecular weight is 401 g/mol. The minimum atomic E-state index is -0.280. The summed E-state index contributed by atoms with van der Waals surface area (Å²) < 4.78 is 11.9. The molecule has 3 aliphatic heterocycles. The van der Waals surface area contributed by atoms with Crippen LogP contribution in [0.2, 0.25) is 0 Å². The highest BCUT2D eigenvalue weighted by atomic mass is 16.5. The van der Waals surface area contributed by atoms with Crippen LogP contribution in [0.25, 0.3) is 0 Å². The number of ether oxygens (including phenoxy) is 2. The van der Waals surface area contributed by atoms with Crippen LogP contribution < -0.4 is 4.74 Å². The molecule has 3 heterocycles. The number of hydrogen-bond acceptors (Lipinski definition) is 4. The molecule has 2 saturated heterocycles. The van der Waals surface area contributed by atoms with Crippen LogP contribution in [0, 0.1) is 5.92 Å². The summed E-state index contributed by atoms with van der Waals surface area (Å²) in [5.74, 6) is 1.59. The maximum Gasteiger partial charge on any atom is 0.225 e. The number of nitrogens with zero attached hydrogens (tertiary/aromatic N) is 2. The lowest BCUT2D eigenvalue weighted by Crippen LogP contribution is -2.53. The number of benzene rings is 1. The number of fused-ring (bicyclic) bond motifs is 1. The molecule has 0 N–H and O–H groups in total. The summed E-state index contributed by atoms with van der Waals surface area (Å²) in [7, 11) is 3.62. The number of hydrogen-bond donors (Lipinski definition) is 0. The zero-order valence-corrected chi connectivity index (χ0v) is 17.6. The standard InChI is InChI=1S/C23H32N2O4/c1-24(2)21(26)15-18-16-23(29-20-6-4-3-5-19(18)20)9-11-25(12-10-23)22(27)17-7-13-28-14-8-17/h3-6,17-18H,7-16H2,1-2H3/t18-/m0/s1. The molecule has 6 heteroatoms. The third-order valence-corrected chi connectivity index (χ3v) is 6.78. The average Bonchev–Trinajstić information content (AvgIpc) is 2.74. The minimum Gasteiger partial charge on any atom is -0.487 e. The molecule has 6 nitrogen and oxygen atoms in total. The van der Waals surface area contributed by atoms with Crippen molar-refractivity contribution >= 4 is 11.8 Å². The minimum absolute atomic E-state index is 0.108. The number of likely N-dealkylation sites (tertiary alicyclic amines) is 1. The molecule has 1 atom stereocenters. The molecule has 2 fully saturated rings. The lowest BCUT2D eigenvalue weighted by Gasteiger charge is -2.47. The molecular formula is C23H32N2O4. The Kier molecular flexibility index (Phi) is 5.81. The van der Waals surface area contributed by atoms with Gasteiger partial charge in [-0.05, 0) is 30.9 Å². The van der Waals surface area contributed by atoms with Crippen LogP contribution in [0.4, 0.5) is 0 Å². The predicted octanol–water partition coefficient (Wildman–Crippen LogP) is 2.82. The van der Waals surface area contributed by atoms with E-state index in [1.807, 2.05) is 37.2 Å². The van der Waals surface area contributed by atoms with Crippen molar-refractivity contribution in [1.29, 1.82) is 0 Å². The normalized spacial score (nSPS) is 23.9. The van der Waals surface area contributed by atoms with Crippen LogP contribution in [-0.2, 0) is 14.3 Å². The molecule has 2 amide bonds. The van der Waals surface area contributed by atoms with Crippen LogP contribution in [0.5, 0.6) is 5.75 Å². The summed E-state index contributed by atoms with van der Waals surface area (Å²) in [6.07, 6.45) is 4.65. The second kappa shape index (κ2) is 8.34. The molecular weight excluding hydrogens is 368 g/mol. The van der Waals surface area contributed by atoms with Gasteiger partial charge < -0.3 is 19.3 Å². The number of amides is 2. The van der Waals surface area contributed by atoms with E-state index in [0.29, 0.717) is 19.6 Å². The van der Waals surface area contributed by atoms with Gasteiger partial charge in [0.25, 0.3) is 0 Å². The smallest absolute Gasteiger partial charge is 0.225 e. The van der Waals surface area contributed by atoms with Gasteiger partial charge in [-0.3, -0.25) is 9.59 Å². The number of para-hydroxylation sites is 1. The van der Waals surface area contributed by atoms with Gasteiger partial charge in [0.15, 0.2) is 0 Å². The monoisotopic (exact) mass is 400 g/mol. The molecule has 1 spiro atoms. The summed E-state index contributed by atoms with van der Waals surface area (Å²) in [4.78, 5) is 29.0. The number of rotatable bonds is 3. The van der Waals surface area contributed by atoms with E-state index in [0.717, 1.165) is 56.5 Å². The topological polar surface area (TPSA) is 59.1 Å². The van der Waals surface area contributed by atoms with Crippen LogP contribution in [0.15, 0.2) is 24.3 Å². The van der Waals surface area contributed by atoms with E-state index in [2.05, 4.69) is 6.07 Å². The Hall–Kier alpha value is -2.08. The summed E-state index contributed by atoms with van der Waals surface area (Å²) >= 11 is 0. The van der Waals surface area contributed by atoms with Crippen LogP contribution >= 0.6 is 0 Å². The van der Waals surface area contributed by atoms with Crippen molar-refractivity contribution < 1.29 is 19.1 Å². The molecule has 1 aromatic rings. The van der Waals surface area contributed by atoms with E-state index in [1.165, 1.54) is 0 Å². The first-order valence-corrected chi connectivity index (χ1v) is 10.8. The highest BCUT2D eigenvalue weighted by Crippen LogP contribution is 2.46. The van der Waals surface area contributed by atoms with Gasteiger partial charge in [-0.1, -0.05) is 18.2 Å². The molecule has 0 bridgehead atoms. The van der Waals surface area contributed by atoms with Crippen molar-refractivity contribution in [3.05, 3.63) is 29.8 Å². The summed E-state index contributed by atoms with van der Waals surface area (Å²) in [6.45, 7) is 2.84. The number of carbonyl (C=O) groups is 2. The van der Waals surface area contributed by atoms with Crippen molar-refractivity contribution in [2.45, 2.75) is 50.0 Å². The third kappa shape index (κ3) is 4.27. The van der Waals surface area contributed by atoms with Crippen LogP contribution in [0.3, 0.4) is 0 Å². The van der Waals surface area contributed by atoms with Gasteiger partial charge in [-0.15, -0.1) is 0 Å². The molecule has 158 valence electrons. The highest BCUT2D eigenvalue weighted by Gasteiger charge is 2.45. The fourth-order valence-electron chi connectivity index (χ4n) is 4.96. The molecule has 0 aliphatic carbocycles. The van der Waals surface area contributed by atoms with Gasteiger partial charge in [0, 0.05) is 71.5 Å². The van der Waals surface area contributed by atoms with Gasteiger partial charge in [-0.25, -0.2) is 0 Å². The van der Waals surface area contributed by atoms with Gasteiger partial charge in [0.1, 0.15) is 11.4 Å². The summed E-state index contributed by atoms with van der Waals surface area (Å²) in [6, 6.07) is 8.11. The molecule has 3 aliphatic rings. The number of piperidine rings is 1. The zero-order chi connectivity index (χ0) is 20.4. The maximum absolute atomic E-state index is 12.9. The lowest BCUT2D eigenvalue weighted by atomic mass is 9.76. The second-order valence-electron chi connectivity index (χ2n) is 8.93. The highest BCUT2D eigenvalue weighted by molar-refractivity contribution is 5.79. The summed E-state index contributed by atoms with van der Waals surface area (Å²) in [5, 5.41) is 0. The van der Waals surface area contributed by atoms with Crippen molar-refractivity contribution in [3.63, 3.8) is 0 Å². The largest absolute Gasteiger partial charge is 0.487 e. The molecule has 0 radical (unpaired) electrons. The second-order valence-corrected chi connectivity index (χ2v) is 8.93.